The van der Waals surface area contributed by atoms with Gasteiger partial charge >= 0.3 is 0 Å². The van der Waals surface area contributed by atoms with Crippen LogP contribution in [0.2, 0.25) is 0 Å². The number of piperidine rings is 1. The van der Waals surface area contributed by atoms with Crippen LogP contribution in [0.4, 0.5) is 0 Å². The number of hydrogen-bond donors (Lipinski definition) is 0. The Morgan fingerprint density at radius 2 is 2.29 bits per heavy atom. The van der Waals surface area contributed by atoms with Gasteiger partial charge in [-0.3, -0.25) is 9.59 Å². The average Bonchev–Trinajstić information content (AvgIpc) is 2.62. The van der Waals surface area contributed by atoms with Gasteiger partial charge in [-0.05, 0) is 18.6 Å². The molecular formula is C10H15NO2S. The minimum absolute atomic E-state index is 0.0359. The van der Waals surface area contributed by atoms with Crippen LogP contribution in [0.5, 0.6) is 0 Å². The SMILES string of the molecule is O=C1CCN(CC2CCCS2)C(=O)C1. The van der Waals surface area contributed by atoms with Crippen molar-refractivity contribution in [3.05, 3.63) is 0 Å². The van der Waals surface area contributed by atoms with Crippen LogP contribution >= 0.6 is 11.8 Å². The van der Waals surface area contributed by atoms with Crippen LogP contribution < -0.4 is 0 Å². The average molecular weight is 213 g/mol. The van der Waals surface area contributed by atoms with Crippen LogP contribution in [-0.2, 0) is 9.59 Å². The highest BCUT2D eigenvalue weighted by Gasteiger charge is 2.27. The predicted molar refractivity (Wildman–Crippen MR) is 56.3 cm³/mol. The van der Waals surface area contributed by atoms with Crippen LogP contribution in [0.25, 0.3) is 0 Å². The van der Waals surface area contributed by atoms with E-state index in [1.165, 1.54) is 18.6 Å². The monoisotopic (exact) mass is 213 g/mol. The second kappa shape index (κ2) is 4.34. The predicted octanol–water partition coefficient (Wildman–Crippen LogP) is 1.07. The van der Waals surface area contributed by atoms with E-state index in [9.17, 15) is 9.59 Å². The topological polar surface area (TPSA) is 37.4 Å². The summed E-state index contributed by atoms with van der Waals surface area (Å²) < 4.78 is 0. The van der Waals surface area contributed by atoms with Gasteiger partial charge in [-0.1, -0.05) is 0 Å². The van der Waals surface area contributed by atoms with Gasteiger partial charge < -0.3 is 4.90 Å². The number of ketones is 1. The van der Waals surface area contributed by atoms with Crippen molar-refractivity contribution in [2.75, 3.05) is 18.8 Å². The van der Waals surface area contributed by atoms with Gasteiger partial charge in [0.15, 0.2) is 0 Å². The molecule has 0 radical (unpaired) electrons. The number of amides is 1. The molecule has 0 N–H and O–H groups in total. The van der Waals surface area contributed by atoms with Crippen molar-refractivity contribution < 1.29 is 9.59 Å². The van der Waals surface area contributed by atoms with E-state index >= 15 is 0 Å². The molecule has 0 aliphatic carbocycles. The molecule has 2 saturated heterocycles. The standard InChI is InChI=1S/C10H15NO2S/c12-8-3-4-11(10(13)6-8)7-9-2-1-5-14-9/h9H,1-7H2. The number of nitrogens with zero attached hydrogens (tertiary/aromatic N) is 1. The molecule has 2 fully saturated rings. The number of carbonyl (C=O) groups is 2. The van der Waals surface area contributed by atoms with Crippen molar-refractivity contribution in [2.45, 2.75) is 30.9 Å². The second-order valence-corrected chi connectivity index (χ2v) is 5.35. The normalized spacial score (nSPS) is 28.6. The Labute approximate surface area is 88.2 Å². The van der Waals surface area contributed by atoms with Crippen LogP contribution in [0.3, 0.4) is 0 Å². The van der Waals surface area contributed by atoms with E-state index in [1.54, 1.807) is 0 Å². The van der Waals surface area contributed by atoms with E-state index in [4.69, 9.17) is 0 Å². The largest absolute Gasteiger partial charge is 0.341 e. The molecule has 14 heavy (non-hydrogen) atoms. The maximum absolute atomic E-state index is 11.5. The highest BCUT2D eigenvalue weighted by Crippen LogP contribution is 2.27. The molecule has 3 nitrogen and oxygen atoms in total. The van der Waals surface area contributed by atoms with Gasteiger partial charge in [0.25, 0.3) is 0 Å². The highest BCUT2D eigenvalue weighted by atomic mass is 32.2. The van der Waals surface area contributed by atoms with Gasteiger partial charge in [0.05, 0.1) is 6.42 Å². The molecule has 78 valence electrons. The van der Waals surface area contributed by atoms with Crippen molar-refractivity contribution in [2.24, 2.45) is 0 Å². The van der Waals surface area contributed by atoms with Crippen LogP contribution in [0.15, 0.2) is 0 Å². The molecule has 0 spiro atoms. The van der Waals surface area contributed by atoms with E-state index in [0.717, 1.165) is 6.54 Å². The Bertz CT molecular complexity index is 249. The van der Waals surface area contributed by atoms with E-state index in [0.29, 0.717) is 18.2 Å². The minimum Gasteiger partial charge on any atom is -0.341 e. The maximum Gasteiger partial charge on any atom is 0.230 e. The molecule has 2 aliphatic rings. The first-order chi connectivity index (χ1) is 6.75. The van der Waals surface area contributed by atoms with Crippen molar-refractivity contribution >= 4 is 23.5 Å². The number of rotatable bonds is 2. The zero-order chi connectivity index (χ0) is 9.97. The molecule has 4 heteroatoms. The fraction of sp³-hybridized carbons (Fsp3) is 0.800. The van der Waals surface area contributed by atoms with Crippen molar-refractivity contribution in [1.29, 1.82) is 0 Å². The number of thioether (sulfide) groups is 1. The van der Waals surface area contributed by atoms with E-state index in [1.807, 2.05) is 16.7 Å². The van der Waals surface area contributed by atoms with Gasteiger partial charge in [0.1, 0.15) is 5.78 Å². The second-order valence-electron chi connectivity index (χ2n) is 3.94. The Morgan fingerprint density at radius 3 is 2.93 bits per heavy atom. The third kappa shape index (κ3) is 2.29. The van der Waals surface area contributed by atoms with E-state index in [2.05, 4.69) is 0 Å². The van der Waals surface area contributed by atoms with Crippen LogP contribution in [-0.4, -0.2) is 40.7 Å². The minimum atomic E-state index is 0.0359. The molecule has 1 unspecified atom stereocenters. The Hall–Kier alpha value is -0.510. The lowest BCUT2D eigenvalue weighted by Crippen LogP contribution is -2.42. The molecule has 0 aromatic heterocycles. The maximum atomic E-state index is 11.5. The summed E-state index contributed by atoms with van der Waals surface area (Å²) in [5.74, 6) is 1.37. The molecule has 2 heterocycles. The van der Waals surface area contributed by atoms with Crippen LogP contribution in [0.1, 0.15) is 25.7 Å². The third-order valence-corrected chi connectivity index (χ3v) is 4.19. The van der Waals surface area contributed by atoms with Crippen molar-refractivity contribution in [1.82, 2.24) is 4.90 Å². The number of Topliss-reactive ketones (excluding diaryl/α,β-unsaturated/α-hetero) is 1. The Kier molecular flexibility index (Phi) is 3.11. The molecule has 1 amide bonds. The fourth-order valence-corrected chi connectivity index (χ4v) is 3.27. The zero-order valence-corrected chi connectivity index (χ0v) is 9.02. The fourth-order valence-electron chi connectivity index (χ4n) is 1.98. The number of likely N-dealkylation sites (tertiary alicyclic amines) is 1. The number of hydrogen-bond acceptors (Lipinski definition) is 3. The Balaban J connectivity index is 1.85. The van der Waals surface area contributed by atoms with Gasteiger partial charge in [-0.15, -0.1) is 0 Å². The molecule has 0 bridgehead atoms. The molecule has 1 atom stereocenters. The first-order valence-electron chi connectivity index (χ1n) is 5.17. The lowest BCUT2D eigenvalue weighted by Gasteiger charge is -2.28. The van der Waals surface area contributed by atoms with Gasteiger partial charge in [0, 0.05) is 24.8 Å². The summed E-state index contributed by atoms with van der Waals surface area (Å²) in [7, 11) is 0. The smallest absolute Gasteiger partial charge is 0.230 e. The van der Waals surface area contributed by atoms with E-state index < -0.39 is 0 Å². The molecule has 0 aromatic carbocycles. The number of carbonyl (C=O) groups excluding carboxylic acids is 2. The Morgan fingerprint density at radius 1 is 1.43 bits per heavy atom. The summed E-state index contributed by atoms with van der Waals surface area (Å²) in [6.45, 7) is 1.51. The summed E-state index contributed by atoms with van der Waals surface area (Å²) in [4.78, 5) is 24.4. The summed E-state index contributed by atoms with van der Waals surface area (Å²) in [5.41, 5.74) is 0. The van der Waals surface area contributed by atoms with Gasteiger partial charge in [-0.25, -0.2) is 0 Å². The van der Waals surface area contributed by atoms with Crippen molar-refractivity contribution in [3.8, 4) is 0 Å². The summed E-state index contributed by atoms with van der Waals surface area (Å²) >= 11 is 1.96. The van der Waals surface area contributed by atoms with Crippen molar-refractivity contribution in [3.63, 3.8) is 0 Å². The summed E-state index contributed by atoms with van der Waals surface area (Å²) in [6.07, 6.45) is 3.19. The molecule has 2 rings (SSSR count). The highest BCUT2D eigenvalue weighted by molar-refractivity contribution is 8.00. The van der Waals surface area contributed by atoms with E-state index in [-0.39, 0.29) is 18.1 Å². The first-order valence-corrected chi connectivity index (χ1v) is 6.21. The first kappa shape index (κ1) is 10.0. The summed E-state index contributed by atoms with van der Waals surface area (Å²) in [5, 5.41) is 0.618. The zero-order valence-electron chi connectivity index (χ0n) is 8.20. The quantitative estimate of drug-likeness (QED) is 0.644. The lowest BCUT2D eigenvalue weighted by atomic mass is 10.1. The van der Waals surface area contributed by atoms with Gasteiger partial charge in [0.2, 0.25) is 5.91 Å². The molecule has 0 aromatic rings. The summed E-state index contributed by atoms with van der Waals surface area (Å²) in [6, 6.07) is 0. The molecular weight excluding hydrogens is 198 g/mol. The molecule has 2 aliphatic heterocycles. The third-order valence-electron chi connectivity index (χ3n) is 2.81. The van der Waals surface area contributed by atoms with Gasteiger partial charge in [-0.2, -0.15) is 11.8 Å². The molecule has 0 saturated carbocycles. The lowest BCUT2D eigenvalue weighted by molar-refractivity contribution is -0.139. The van der Waals surface area contributed by atoms with Crippen LogP contribution in [0, 0.1) is 0 Å².